The molecular weight excluding hydrogens is 322 g/mol. The van der Waals surface area contributed by atoms with Crippen molar-refractivity contribution in [3.05, 3.63) is 76.6 Å². The first kappa shape index (κ1) is 17.9. The quantitative estimate of drug-likeness (QED) is 0.728. The first-order valence-electron chi connectivity index (χ1n) is 8.92. The van der Waals surface area contributed by atoms with Crippen LogP contribution >= 0.6 is 0 Å². The molecule has 0 aliphatic heterocycles. The molecule has 0 saturated heterocycles. The number of amides is 1. The minimum atomic E-state index is 0.0463. The second-order valence-electron chi connectivity index (χ2n) is 6.82. The first-order valence-corrected chi connectivity index (χ1v) is 8.92. The van der Waals surface area contributed by atoms with Crippen molar-refractivity contribution in [3.8, 4) is 5.69 Å². The van der Waals surface area contributed by atoms with Gasteiger partial charge in [0, 0.05) is 17.8 Å². The second-order valence-corrected chi connectivity index (χ2v) is 6.82. The predicted octanol–water partition coefficient (Wildman–Crippen LogP) is 4.68. The Kier molecular flexibility index (Phi) is 5.21. The van der Waals surface area contributed by atoms with E-state index in [-0.39, 0.29) is 5.91 Å². The third-order valence-electron chi connectivity index (χ3n) is 4.58. The fourth-order valence-corrected chi connectivity index (χ4v) is 3.17. The summed E-state index contributed by atoms with van der Waals surface area (Å²) in [7, 11) is 0. The Labute approximate surface area is 154 Å². The van der Waals surface area contributed by atoms with Crippen molar-refractivity contribution in [2.75, 3.05) is 5.32 Å². The van der Waals surface area contributed by atoms with Gasteiger partial charge in [0.25, 0.3) is 0 Å². The highest BCUT2D eigenvalue weighted by atomic mass is 16.1. The van der Waals surface area contributed by atoms with Gasteiger partial charge in [0.15, 0.2) is 0 Å². The fourth-order valence-electron chi connectivity index (χ4n) is 3.17. The van der Waals surface area contributed by atoms with Gasteiger partial charge in [0.2, 0.25) is 5.91 Å². The van der Waals surface area contributed by atoms with Crippen molar-refractivity contribution >= 4 is 11.6 Å². The number of para-hydroxylation sites is 1. The van der Waals surface area contributed by atoms with Crippen molar-refractivity contribution in [3.63, 3.8) is 0 Å². The van der Waals surface area contributed by atoms with Gasteiger partial charge in [-0.2, -0.15) is 5.10 Å². The summed E-state index contributed by atoms with van der Waals surface area (Å²) in [5.74, 6) is 0.0463. The maximum atomic E-state index is 12.3. The lowest BCUT2D eigenvalue weighted by Crippen LogP contribution is -2.14. The topological polar surface area (TPSA) is 46.9 Å². The van der Waals surface area contributed by atoms with E-state index in [0.29, 0.717) is 12.8 Å². The van der Waals surface area contributed by atoms with Crippen molar-refractivity contribution < 1.29 is 4.79 Å². The molecule has 0 spiro atoms. The van der Waals surface area contributed by atoms with Crippen LogP contribution in [0.2, 0.25) is 0 Å². The Morgan fingerprint density at radius 1 is 1.00 bits per heavy atom. The number of nitrogens with zero attached hydrogens (tertiary/aromatic N) is 2. The number of nitrogens with one attached hydrogen (secondary N) is 1. The van der Waals surface area contributed by atoms with E-state index in [9.17, 15) is 4.79 Å². The predicted molar refractivity (Wildman–Crippen MR) is 106 cm³/mol. The van der Waals surface area contributed by atoms with E-state index < -0.39 is 0 Å². The molecule has 0 unspecified atom stereocenters. The molecule has 3 rings (SSSR count). The van der Waals surface area contributed by atoms with Crippen molar-refractivity contribution in [2.45, 2.75) is 40.5 Å². The SMILES string of the molecule is Cc1cc(C)n(-c2ccc(CCC(=O)Nc3c(C)cccc3C)cc2)n1. The molecule has 1 amide bonds. The number of aryl methyl sites for hydroxylation is 5. The van der Waals surface area contributed by atoms with Crippen LogP contribution in [0.5, 0.6) is 0 Å². The van der Waals surface area contributed by atoms with Gasteiger partial charge in [0.1, 0.15) is 0 Å². The molecule has 1 heterocycles. The number of carbonyl (C=O) groups is 1. The molecule has 1 N–H and O–H groups in total. The number of hydrogen-bond donors (Lipinski definition) is 1. The number of anilines is 1. The fraction of sp³-hybridized carbons (Fsp3) is 0.273. The number of aromatic nitrogens is 2. The Morgan fingerprint density at radius 2 is 1.65 bits per heavy atom. The summed E-state index contributed by atoms with van der Waals surface area (Å²) in [5.41, 5.74) is 7.42. The van der Waals surface area contributed by atoms with E-state index in [1.807, 2.05) is 50.6 Å². The van der Waals surface area contributed by atoms with E-state index in [4.69, 9.17) is 0 Å². The van der Waals surface area contributed by atoms with Crippen LogP contribution in [0.25, 0.3) is 5.69 Å². The van der Waals surface area contributed by atoms with Gasteiger partial charge >= 0.3 is 0 Å². The van der Waals surface area contributed by atoms with E-state index in [0.717, 1.165) is 39.5 Å². The highest BCUT2D eigenvalue weighted by Crippen LogP contribution is 2.20. The smallest absolute Gasteiger partial charge is 0.224 e. The van der Waals surface area contributed by atoms with Crippen LogP contribution in [0.3, 0.4) is 0 Å². The van der Waals surface area contributed by atoms with Crippen LogP contribution in [0.1, 0.15) is 34.5 Å². The maximum absolute atomic E-state index is 12.3. The summed E-state index contributed by atoms with van der Waals surface area (Å²) >= 11 is 0. The first-order chi connectivity index (χ1) is 12.4. The Hall–Kier alpha value is -2.88. The zero-order valence-electron chi connectivity index (χ0n) is 15.8. The molecule has 0 bridgehead atoms. The molecule has 3 aromatic rings. The Bertz CT molecular complexity index is 903. The standard InChI is InChI=1S/C22H25N3O/c1-15-6-5-7-16(2)22(15)23-21(26)13-10-19-8-11-20(12-9-19)25-18(4)14-17(3)24-25/h5-9,11-12,14H,10,13H2,1-4H3,(H,23,26). The van der Waals surface area contributed by atoms with Crippen molar-refractivity contribution in [1.29, 1.82) is 0 Å². The molecule has 0 radical (unpaired) electrons. The van der Waals surface area contributed by atoms with Gasteiger partial charge in [-0.15, -0.1) is 0 Å². The number of hydrogen-bond acceptors (Lipinski definition) is 2. The molecule has 0 aliphatic carbocycles. The van der Waals surface area contributed by atoms with Gasteiger partial charge in [-0.1, -0.05) is 30.3 Å². The Balaban J connectivity index is 1.61. The van der Waals surface area contributed by atoms with Crippen molar-refractivity contribution in [2.24, 2.45) is 0 Å². The summed E-state index contributed by atoms with van der Waals surface area (Å²) in [6.45, 7) is 8.07. The van der Waals surface area contributed by atoms with Crippen LogP contribution < -0.4 is 5.32 Å². The highest BCUT2D eigenvalue weighted by Gasteiger charge is 2.08. The average molecular weight is 347 g/mol. The van der Waals surface area contributed by atoms with Crippen molar-refractivity contribution in [1.82, 2.24) is 9.78 Å². The average Bonchev–Trinajstić information content (AvgIpc) is 2.95. The van der Waals surface area contributed by atoms with Gasteiger partial charge in [-0.3, -0.25) is 4.79 Å². The third-order valence-corrected chi connectivity index (χ3v) is 4.58. The summed E-state index contributed by atoms with van der Waals surface area (Å²) in [4.78, 5) is 12.3. The summed E-state index contributed by atoms with van der Waals surface area (Å²) in [5, 5.41) is 7.54. The molecule has 134 valence electrons. The van der Waals surface area contributed by atoms with E-state index in [1.54, 1.807) is 0 Å². The Morgan fingerprint density at radius 3 is 2.23 bits per heavy atom. The normalized spacial score (nSPS) is 10.8. The third kappa shape index (κ3) is 4.02. The zero-order chi connectivity index (χ0) is 18.7. The zero-order valence-corrected chi connectivity index (χ0v) is 15.8. The maximum Gasteiger partial charge on any atom is 0.224 e. The van der Waals surface area contributed by atoms with Gasteiger partial charge in [-0.25, -0.2) is 4.68 Å². The molecule has 26 heavy (non-hydrogen) atoms. The number of rotatable bonds is 5. The van der Waals surface area contributed by atoms with Crippen LogP contribution in [0.15, 0.2) is 48.5 Å². The minimum Gasteiger partial charge on any atom is -0.326 e. The van der Waals surface area contributed by atoms with Crippen LogP contribution in [-0.4, -0.2) is 15.7 Å². The number of carbonyl (C=O) groups excluding carboxylic acids is 1. The molecule has 0 saturated carbocycles. The lowest BCUT2D eigenvalue weighted by molar-refractivity contribution is -0.116. The van der Waals surface area contributed by atoms with Crippen LogP contribution in [0, 0.1) is 27.7 Å². The lowest BCUT2D eigenvalue weighted by Gasteiger charge is -2.11. The second kappa shape index (κ2) is 7.56. The lowest BCUT2D eigenvalue weighted by atomic mass is 10.1. The van der Waals surface area contributed by atoms with E-state index in [1.165, 1.54) is 0 Å². The van der Waals surface area contributed by atoms with Crippen LogP contribution in [0.4, 0.5) is 5.69 Å². The molecule has 2 aromatic carbocycles. The molecule has 0 aliphatic rings. The minimum absolute atomic E-state index is 0.0463. The molecule has 1 aromatic heterocycles. The number of benzene rings is 2. The van der Waals surface area contributed by atoms with Gasteiger partial charge in [-0.05, 0) is 69.0 Å². The van der Waals surface area contributed by atoms with Gasteiger partial charge < -0.3 is 5.32 Å². The van der Waals surface area contributed by atoms with Gasteiger partial charge in [0.05, 0.1) is 11.4 Å². The summed E-state index contributed by atoms with van der Waals surface area (Å²) < 4.78 is 1.94. The highest BCUT2D eigenvalue weighted by molar-refractivity contribution is 5.92. The monoisotopic (exact) mass is 347 g/mol. The molecule has 4 heteroatoms. The summed E-state index contributed by atoms with van der Waals surface area (Å²) in [6.07, 6.45) is 1.18. The van der Waals surface area contributed by atoms with E-state index >= 15 is 0 Å². The largest absolute Gasteiger partial charge is 0.326 e. The molecular formula is C22H25N3O. The van der Waals surface area contributed by atoms with Crippen LogP contribution in [-0.2, 0) is 11.2 Å². The van der Waals surface area contributed by atoms with E-state index in [2.05, 4.69) is 40.7 Å². The molecule has 0 atom stereocenters. The molecule has 0 fully saturated rings. The molecule has 4 nitrogen and oxygen atoms in total. The summed E-state index contributed by atoms with van der Waals surface area (Å²) in [6, 6.07) is 16.3.